The second-order valence-corrected chi connectivity index (χ2v) is 13.6. The quantitative estimate of drug-likeness (QED) is 0.190. The van der Waals surface area contributed by atoms with Gasteiger partial charge in [0.05, 0.1) is 41.4 Å². The van der Waals surface area contributed by atoms with Crippen molar-refractivity contribution in [1.82, 2.24) is 9.47 Å². The molecule has 1 saturated heterocycles. The minimum atomic E-state index is -4.49. The number of benzene rings is 2. The number of nitrogens with two attached hydrogens (primary N) is 1. The Hall–Kier alpha value is -3.61. The lowest BCUT2D eigenvalue weighted by molar-refractivity contribution is -0.186. The third-order valence-corrected chi connectivity index (χ3v) is 9.84. The van der Waals surface area contributed by atoms with Crippen molar-refractivity contribution in [3.05, 3.63) is 48.2 Å². The maximum atomic E-state index is 13.7. The number of nitrogens with one attached hydrogen (secondary N) is 2. The van der Waals surface area contributed by atoms with E-state index in [-0.39, 0.29) is 47.8 Å². The molecule has 3 aromatic rings. The molecule has 0 spiro atoms. The number of methoxy groups -OCH3 is 1. The van der Waals surface area contributed by atoms with Crippen LogP contribution in [-0.2, 0) is 16.6 Å². The topological polar surface area (TPSA) is 102 Å². The Morgan fingerprint density at radius 1 is 0.957 bits per heavy atom. The third kappa shape index (κ3) is 8.65. The van der Waals surface area contributed by atoms with Gasteiger partial charge >= 0.3 is 12.4 Å². The first-order valence-corrected chi connectivity index (χ1v) is 16.9. The maximum absolute atomic E-state index is 13.7. The number of ether oxygens (including phenoxy) is 1. The summed E-state index contributed by atoms with van der Waals surface area (Å²) in [6.07, 6.45) is -5.12. The SMILES string of the molecule is COc1cc(S(N)(=O)=O)ccc1NCC#Cc1cc2c(N[C@H]3CC[C@@H](N4CCC(C(F)(F)F)CC4)CC3)cccc2n1CC(F)(F)F. The molecule has 15 heteroatoms. The van der Waals surface area contributed by atoms with Crippen LogP contribution in [0.1, 0.15) is 44.2 Å². The number of nitrogens with zero attached hydrogens (tertiary/aromatic N) is 2. The second-order valence-electron chi connectivity index (χ2n) is 12.0. The van der Waals surface area contributed by atoms with Crippen LogP contribution >= 0.6 is 0 Å². The number of alkyl halides is 6. The van der Waals surface area contributed by atoms with Gasteiger partial charge in [-0.1, -0.05) is 12.0 Å². The van der Waals surface area contributed by atoms with Crippen molar-refractivity contribution >= 4 is 32.3 Å². The molecule has 8 nitrogen and oxygen atoms in total. The first kappa shape index (κ1) is 34.7. The number of rotatable bonds is 8. The molecule has 2 aromatic carbocycles. The molecule has 47 heavy (non-hydrogen) atoms. The molecule has 0 amide bonds. The smallest absolute Gasteiger partial charge is 0.406 e. The van der Waals surface area contributed by atoms with Crippen LogP contribution in [0.5, 0.6) is 5.75 Å². The van der Waals surface area contributed by atoms with Crippen LogP contribution in [-0.4, -0.2) is 69.1 Å². The van der Waals surface area contributed by atoms with Gasteiger partial charge < -0.3 is 24.8 Å². The summed E-state index contributed by atoms with van der Waals surface area (Å²) in [6, 6.07) is 11.1. The van der Waals surface area contributed by atoms with E-state index in [1.165, 1.54) is 25.3 Å². The molecule has 2 aliphatic rings. The van der Waals surface area contributed by atoms with Crippen LogP contribution in [0.3, 0.4) is 0 Å². The summed E-state index contributed by atoms with van der Waals surface area (Å²) in [5.41, 5.74) is 1.68. The summed E-state index contributed by atoms with van der Waals surface area (Å²) < 4.78 is 110. The highest BCUT2D eigenvalue weighted by atomic mass is 32.2. The molecular formula is C32H37F6N5O3S. The minimum absolute atomic E-state index is 0.0286. The van der Waals surface area contributed by atoms with Gasteiger partial charge in [-0.15, -0.1) is 0 Å². The zero-order chi connectivity index (χ0) is 34.0. The average Bonchev–Trinajstić information content (AvgIpc) is 3.35. The molecule has 5 rings (SSSR count). The first-order chi connectivity index (χ1) is 22.1. The van der Waals surface area contributed by atoms with Crippen LogP contribution < -0.4 is 20.5 Å². The zero-order valence-corrected chi connectivity index (χ0v) is 26.5. The van der Waals surface area contributed by atoms with E-state index in [9.17, 15) is 34.8 Å². The highest BCUT2D eigenvalue weighted by molar-refractivity contribution is 7.89. The molecule has 256 valence electrons. The third-order valence-electron chi connectivity index (χ3n) is 8.93. The molecule has 1 aliphatic heterocycles. The van der Waals surface area contributed by atoms with Crippen LogP contribution in [0.15, 0.2) is 47.4 Å². The van der Waals surface area contributed by atoms with Crippen LogP contribution in [0.25, 0.3) is 10.9 Å². The Labute approximate surface area is 269 Å². The molecule has 4 N–H and O–H groups in total. The first-order valence-electron chi connectivity index (χ1n) is 15.3. The molecule has 1 aromatic heterocycles. The van der Waals surface area contributed by atoms with E-state index in [0.717, 1.165) is 30.3 Å². The fraction of sp³-hybridized carbons (Fsp3) is 0.500. The average molecular weight is 686 g/mol. The Bertz CT molecular complexity index is 1730. The van der Waals surface area contributed by atoms with Gasteiger partial charge in [-0.3, -0.25) is 0 Å². The van der Waals surface area contributed by atoms with Gasteiger partial charge in [-0.2, -0.15) is 26.3 Å². The van der Waals surface area contributed by atoms with Crippen LogP contribution in [0, 0.1) is 17.8 Å². The normalized spacial score (nSPS) is 20.1. The van der Waals surface area contributed by atoms with Gasteiger partial charge in [0.15, 0.2) is 0 Å². The number of likely N-dealkylation sites (tertiary alicyclic amines) is 1. The van der Waals surface area contributed by atoms with Crippen molar-refractivity contribution < 1.29 is 39.5 Å². The number of primary sulfonamides is 1. The maximum Gasteiger partial charge on any atom is 0.406 e. The van der Waals surface area contributed by atoms with Gasteiger partial charge in [0.2, 0.25) is 10.0 Å². The Balaban J connectivity index is 1.28. The minimum Gasteiger partial charge on any atom is -0.495 e. The Morgan fingerprint density at radius 3 is 2.28 bits per heavy atom. The highest BCUT2D eigenvalue weighted by Crippen LogP contribution is 2.37. The molecule has 1 saturated carbocycles. The van der Waals surface area contributed by atoms with Gasteiger partial charge in [0, 0.05) is 29.2 Å². The number of halogens is 6. The van der Waals surface area contributed by atoms with E-state index < -0.39 is 34.8 Å². The molecule has 1 aliphatic carbocycles. The second kappa shape index (κ2) is 13.9. The summed E-state index contributed by atoms with van der Waals surface area (Å²) in [6.45, 7) is -0.315. The lowest BCUT2D eigenvalue weighted by atomic mass is 9.87. The predicted octanol–water partition coefficient (Wildman–Crippen LogP) is 6.32. The van der Waals surface area contributed by atoms with Gasteiger partial charge in [0.25, 0.3) is 0 Å². The van der Waals surface area contributed by atoms with Crippen molar-refractivity contribution in [3.63, 3.8) is 0 Å². The molecular weight excluding hydrogens is 648 g/mol. The highest BCUT2D eigenvalue weighted by Gasteiger charge is 2.42. The number of anilines is 2. The van der Waals surface area contributed by atoms with Crippen molar-refractivity contribution in [1.29, 1.82) is 0 Å². The molecule has 0 atom stereocenters. The van der Waals surface area contributed by atoms with Gasteiger partial charge in [-0.25, -0.2) is 13.6 Å². The van der Waals surface area contributed by atoms with Gasteiger partial charge in [0.1, 0.15) is 12.3 Å². The summed E-state index contributed by atoms with van der Waals surface area (Å²) in [7, 11) is -2.58. The van der Waals surface area contributed by atoms with E-state index in [1.807, 2.05) is 6.07 Å². The number of hydrogen-bond donors (Lipinski definition) is 3. The summed E-state index contributed by atoms with van der Waals surface area (Å²) in [5.74, 6) is 4.67. The lowest BCUT2D eigenvalue weighted by Gasteiger charge is -2.41. The van der Waals surface area contributed by atoms with E-state index in [4.69, 9.17) is 9.88 Å². The largest absolute Gasteiger partial charge is 0.495 e. The van der Waals surface area contributed by atoms with E-state index in [1.54, 1.807) is 18.2 Å². The van der Waals surface area contributed by atoms with E-state index in [0.29, 0.717) is 35.4 Å². The standard InChI is InChI=1S/C32H37F6N5O3S/c1-46-30-19-25(47(39,44)45)11-12-28(30)40-15-3-4-24-18-26-27(5-2-6-29(26)43(24)20-31(33,34)35)41-22-7-9-23(10-8-22)42-16-13-21(14-17-42)32(36,37)38/h2,5-6,11-12,18-19,21-23,40-41H,7-10,13-17,20H2,1H3,(H2,39,44,45)/t22-,23+. The number of fused-ring (bicyclic) bond motifs is 1. The lowest BCUT2D eigenvalue weighted by Crippen LogP contribution is -2.46. The number of sulfonamides is 1. The summed E-state index contributed by atoms with van der Waals surface area (Å²) in [4.78, 5) is 2.04. The summed E-state index contributed by atoms with van der Waals surface area (Å²) >= 11 is 0. The Kier molecular flexibility index (Phi) is 10.2. The van der Waals surface area contributed by atoms with Crippen molar-refractivity contribution in [2.24, 2.45) is 11.1 Å². The van der Waals surface area contributed by atoms with E-state index >= 15 is 0 Å². The molecule has 2 heterocycles. The summed E-state index contributed by atoms with van der Waals surface area (Å²) in [5, 5.41) is 12.3. The molecule has 2 fully saturated rings. The number of aromatic nitrogens is 1. The fourth-order valence-electron chi connectivity index (χ4n) is 6.53. The Morgan fingerprint density at radius 2 is 1.66 bits per heavy atom. The van der Waals surface area contributed by atoms with Gasteiger partial charge in [-0.05, 0) is 87.9 Å². The van der Waals surface area contributed by atoms with Crippen LogP contribution in [0.4, 0.5) is 37.7 Å². The van der Waals surface area contributed by atoms with Crippen molar-refractivity contribution in [2.45, 2.75) is 74.4 Å². The molecule has 0 unspecified atom stereocenters. The monoisotopic (exact) mass is 685 g/mol. The molecule has 0 bridgehead atoms. The zero-order valence-electron chi connectivity index (χ0n) is 25.7. The molecule has 0 radical (unpaired) electrons. The van der Waals surface area contributed by atoms with Crippen molar-refractivity contribution in [3.8, 4) is 17.6 Å². The fourth-order valence-corrected chi connectivity index (χ4v) is 7.06. The van der Waals surface area contributed by atoms with Crippen LogP contribution in [0.2, 0.25) is 0 Å². The van der Waals surface area contributed by atoms with Crippen molar-refractivity contribution in [2.75, 3.05) is 37.4 Å². The van der Waals surface area contributed by atoms with E-state index in [2.05, 4.69) is 27.4 Å². The predicted molar refractivity (Wildman–Crippen MR) is 168 cm³/mol. The number of piperidine rings is 1. The number of hydrogen-bond acceptors (Lipinski definition) is 6.